The number of hydrogen-bond acceptors (Lipinski definition) is 6. The van der Waals surface area contributed by atoms with Gasteiger partial charge in [0, 0.05) is 36.1 Å². The van der Waals surface area contributed by atoms with Gasteiger partial charge in [0.05, 0.1) is 12.8 Å². The average molecular weight is 560 g/mol. The Morgan fingerprint density at radius 3 is 2.34 bits per heavy atom. The predicted molar refractivity (Wildman–Crippen MR) is 134 cm³/mol. The number of aliphatic carboxylic acids is 1. The van der Waals surface area contributed by atoms with Gasteiger partial charge in [0.25, 0.3) is 0 Å². The van der Waals surface area contributed by atoms with E-state index >= 15 is 0 Å². The Balaban J connectivity index is 0.000000505. The zero-order valence-corrected chi connectivity index (χ0v) is 22.1. The number of halogens is 4. The van der Waals surface area contributed by atoms with Crippen LogP contribution in [0.4, 0.5) is 13.2 Å². The maximum Gasteiger partial charge on any atom is 0.490 e. The molecule has 2 atom stereocenters. The van der Waals surface area contributed by atoms with E-state index in [1.165, 1.54) is 5.56 Å². The standard InChI is InChI=1S/C24H32ClN3O3.C2HF3O2/c1-3-26-23(29)22-14-28(21(15-30-22)12-17-4-8-19(25)9-5-17)20-10-6-18(7-11-20)24-27-13-16(2)31-24;3-2(4,5)1(6)7/h4-5,8-9,13,18,20-22H,3,6-7,10-12,14-15H2,1-2H3,(H,26,29);(H,6,7)/t18?,20?,21-,22+;/m0./s1. The van der Waals surface area contributed by atoms with Crippen LogP contribution in [0.15, 0.2) is 34.9 Å². The van der Waals surface area contributed by atoms with Crippen LogP contribution >= 0.6 is 11.6 Å². The number of ether oxygens (including phenoxy) is 1. The highest BCUT2D eigenvalue weighted by Crippen LogP contribution is 2.36. The molecule has 0 unspecified atom stereocenters. The number of carboxylic acid groups (broad SMARTS) is 1. The molecule has 1 aliphatic carbocycles. The summed E-state index contributed by atoms with van der Waals surface area (Å²) in [5.74, 6) is -0.636. The predicted octanol–water partition coefficient (Wildman–Crippen LogP) is 4.74. The number of carbonyl (C=O) groups excluding carboxylic acids is 1. The highest BCUT2D eigenvalue weighted by Gasteiger charge is 2.39. The molecule has 12 heteroatoms. The summed E-state index contributed by atoms with van der Waals surface area (Å²) in [4.78, 5) is 28.3. The lowest BCUT2D eigenvalue weighted by Gasteiger charge is -2.45. The average Bonchev–Trinajstić information content (AvgIpc) is 3.32. The molecular weight excluding hydrogens is 527 g/mol. The van der Waals surface area contributed by atoms with Crippen LogP contribution in [0.5, 0.6) is 0 Å². The lowest BCUT2D eigenvalue weighted by molar-refractivity contribution is -0.192. The maximum atomic E-state index is 12.5. The largest absolute Gasteiger partial charge is 0.490 e. The van der Waals surface area contributed by atoms with E-state index < -0.39 is 18.2 Å². The zero-order chi connectivity index (χ0) is 27.9. The highest BCUT2D eigenvalue weighted by atomic mass is 35.5. The number of nitrogens with one attached hydrogen (secondary N) is 1. The van der Waals surface area contributed by atoms with Gasteiger partial charge in [0.15, 0.2) is 5.89 Å². The summed E-state index contributed by atoms with van der Waals surface area (Å²) >= 11 is 6.06. The summed E-state index contributed by atoms with van der Waals surface area (Å²) in [6, 6.07) is 8.72. The number of carboxylic acids is 1. The minimum absolute atomic E-state index is 0.0126. The molecule has 0 spiro atoms. The number of aryl methyl sites for hydroxylation is 1. The second kappa shape index (κ2) is 13.4. The molecule has 2 fully saturated rings. The second-order valence-electron chi connectivity index (χ2n) is 9.52. The Kier molecular flexibility index (Phi) is 10.6. The van der Waals surface area contributed by atoms with Crippen molar-refractivity contribution in [2.24, 2.45) is 0 Å². The summed E-state index contributed by atoms with van der Waals surface area (Å²) in [6.07, 6.45) is 1.47. The van der Waals surface area contributed by atoms with Crippen LogP contribution in [-0.2, 0) is 20.7 Å². The van der Waals surface area contributed by atoms with Crippen molar-refractivity contribution in [1.82, 2.24) is 15.2 Å². The molecule has 1 saturated heterocycles. The maximum absolute atomic E-state index is 12.5. The van der Waals surface area contributed by atoms with Gasteiger partial charge in [-0.15, -0.1) is 0 Å². The van der Waals surface area contributed by atoms with Crippen molar-refractivity contribution in [2.45, 2.75) is 76.2 Å². The van der Waals surface area contributed by atoms with Crippen molar-refractivity contribution in [3.05, 3.63) is 52.7 Å². The molecule has 8 nitrogen and oxygen atoms in total. The van der Waals surface area contributed by atoms with E-state index in [-0.39, 0.29) is 11.9 Å². The van der Waals surface area contributed by atoms with Crippen molar-refractivity contribution in [2.75, 3.05) is 19.7 Å². The number of likely N-dealkylation sites (N-methyl/N-ethyl adjacent to an activating group) is 1. The fraction of sp³-hybridized carbons (Fsp3) is 0.577. The van der Waals surface area contributed by atoms with Gasteiger partial charge in [-0.05, 0) is 63.6 Å². The van der Waals surface area contributed by atoms with Gasteiger partial charge in [0.1, 0.15) is 11.9 Å². The molecule has 1 aliphatic heterocycles. The molecule has 0 bridgehead atoms. The molecule has 1 aromatic carbocycles. The van der Waals surface area contributed by atoms with Gasteiger partial charge < -0.3 is 19.6 Å². The van der Waals surface area contributed by atoms with Crippen LogP contribution in [-0.4, -0.2) is 70.9 Å². The SMILES string of the molecule is CCNC(=O)[C@H]1CN(C2CCC(c3ncc(C)o3)CC2)[C@@H](Cc2ccc(Cl)cc2)CO1.O=C(O)C(F)(F)F. The van der Waals surface area contributed by atoms with Gasteiger partial charge in [-0.2, -0.15) is 13.2 Å². The van der Waals surface area contributed by atoms with Gasteiger partial charge in [-0.3, -0.25) is 9.69 Å². The van der Waals surface area contributed by atoms with E-state index in [9.17, 15) is 18.0 Å². The minimum Gasteiger partial charge on any atom is -0.475 e. The Morgan fingerprint density at radius 2 is 1.82 bits per heavy atom. The number of benzene rings is 1. The quantitative estimate of drug-likeness (QED) is 0.526. The lowest BCUT2D eigenvalue weighted by Crippen LogP contribution is -2.58. The van der Waals surface area contributed by atoms with Crippen LogP contribution in [0.1, 0.15) is 55.7 Å². The number of nitrogens with zero attached hydrogens (tertiary/aromatic N) is 2. The van der Waals surface area contributed by atoms with Crippen molar-refractivity contribution >= 4 is 23.5 Å². The summed E-state index contributed by atoms with van der Waals surface area (Å²) in [5, 5.41) is 10.8. The monoisotopic (exact) mass is 559 g/mol. The fourth-order valence-electron chi connectivity index (χ4n) is 4.89. The fourth-order valence-corrected chi connectivity index (χ4v) is 5.02. The number of alkyl halides is 3. The Morgan fingerprint density at radius 1 is 1.18 bits per heavy atom. The molecule has 2 heterocycles. The molecule has 2 aliphatic rings. The van der Waals surface area contributed by atoms with Crippen molar-refractivity contribution in [3.63, 3.8) is 0 Å². The molecule has 1 aromatic heterocycles. The number of amides is 1. The number of morpholine rings is 1. The van der Waals surface area contributed by atoms with Gasteiger partial charge in [0.2, 0.25) is 5.91 Å². The summed E-state index contributed by atoms with van der Waals surface area (Å²) < 4.78 is 43.5. The zero-order valence-electron chi connectivity index (χ0n) is 21.3. The van der Waals surface area contributed by atoms with E-state index in [1.807, 2.05) is 32.2 Å². The molecule has 38 heavy (non-hydrogen) atoms. The number of aromatic nitrogens is 1. The Hall–Kier alpha value is -2.63. The van der Waals surface area contributed by atoms with E-state index in [0.717, 1.165) is 48.8 Å². The molecule has 0 radical (unpaired) electrons. The van der Waals surface area contributed by atoms with Crippen LogP contribution < -0.4 is 5.32 Å². The molecule has 1 saturated carbocycles. The third-order valence-electron chi connectivity index (χ3n) is 6.76. The third-order valence-corrected chi connectivity index (χ3v) is 7.01. The molecule has 1 amide bonds. The van der Waals surface area contributed by atoms with Gasteiger partial charge >= 0.3 is 12.1 Å². The minimum atomic E-state index is -5.08. The molecule has 210 valence electrons. The van der Waals surface area contributed by atoms with Crippen LogP contribution in [0.3, 0.4) is 0 Å². The normalized spacial score (nSPS) is 24.3. The van der Waals surface area contributed by atoms with E-state index in [2.05, 4.69) is 27.3 Å². The Bertz CT molecular complexity index is 1060. The van der Waals surface area contributed by atoms with E-state index in [4.69, 9.17) is 30.7 Å². The second-order valence-corrected chi connectivity index (χ2v) is 9.95. The first-order chi connectivity index (χ1) is 18.0. The van der Waals surface area contributed by atoms with Gasteiger partial charge in [-0.25, -0.2) is 9.78 Å². The summed E-state index contributed by atoms with van der Waals surface area (Å²) in [5.41, 5.74) is 1.24. The van der Waals surface area contributed by atoms with Crippen molar-refractivity contribution < 1.29 is 37.0 Å². The van der Waals surface area contributed by atoms with Crippen molar-refractivity contribution in [3.8, 4) is 0 Å². The first-order valence-corrected chi connectivity index (χ1v) is 13.0. The summed E-state index contributed by atoms with van der Waals surface area (Å²) in [6.45, 7) is 5.70. The van der Waals surface area contributed by atoms with Crippen molar-refractivity contribution in [1.29, 1.82) is 0 Å². The summed E-state index contributed by atoms with van der Waals surface area (Å²) in [7, 11) is 0. The first-order valence-electron chi connectivity index (χ1n) is 12.6. The van der Waals surface area contributed by atoms with Crippen LogP contribution in [0.2, 0.25) is 5.02 Å². The van der Waals surface area contributed by atoms with E-state index in [1.54, 1.807) is 0 Å². The number of rotatable bonds is 6. The van der Waals surface area contributed by atoms with Gasteiger partial charge in [-0.1, -0.05) is 23.7 Å². The molecule has 2 N–H and O–H groups in total. The molecular formula is C26H33ClF3N3O5. The molecule has 4 rings (SSSR count). The number of oxazole rings is 1. The molecule has 2 aromatic rings. The Labute approximate surface area is 224 Å². The number of carbonyl (C=O) groups is 2. The highest BCUT2D eigenvalue weighted by molar-refractivity contribution is 6.30. The van der Waals surface area contributed by atoms with E-state index in [0.29, 0.717) is 31.7 Å². The number of hydrogen-bond donors (Lipinski definition) is 2. The van der Waals surface area contributed by atoms with Crippen LogP contribution in [0.25, 0.3) is 0 Å². The third kappa shape index (κ3) is 8.44. The first kappa shape index (κ1) is 29.9. The van der Waals surface area contributed by atoms with Crippen LogP contribution in [0, 0.1) is 6.92 Å². The topological polar surface area (TPSA) is 105 Å². The lowest BCUT2D eigenvalue weighted by atomic mass is 9.84. The smallest absolute Gasteiger partial charge is 0.475 e.